The number of ketones is 1. The van der Waals surface area contributed by atoms with Gasteiger partial charge in [-0.15, -0.1) is 0 Å². The largest absolute Gasteiger partial charge is 0.491 e. The van der Waals surface area contributed by atoms with Crippen LogP contribution in [0.4, 0.5) is 4.79 Å². The molecule has 3 atom stereocenters. The first-order valence-corrected chi connectivity index (χ1v) is 14.8. The van der Waals surface area contributed by atoms with Gasteiger partial charge in [0.15, 0.2) is 5.78 Å². The number of rotatable bonds is 9. The van der Waals surface area contributed by atoms with Gasteiger partial charge in [0.25, 0.3) is 0 Å². The van der Waals surface area contributed by atoms with E-state index in [0.717, 1.165) is 17.5 Å². The van der Waals surface area contributed by atoms with Crippen molar-refractivity contribution in [2.45, 2.75) is 57.5 Å². The van der Waals surface area contributed by atoms with E-state index in [9.17, 15) is 9.59 Å². The molecule has 4 aromatic carbocycles. The molecule has 0 radical (unpaired) electrons. The zero-order chi connectivity index (χ0) is 30.4. The van der Waals surface area contributed by atoms with E-state index in [0.29, 0.717) is 31.0 Å². The van der Waals surface area contributed by atoms with Crippen molar-refractivity contribution in [1.29, 1.82) is 0 Å². The van der Waals surface area contributed by atoms with Gasteiger partial charge in [0.1, 0.15) is 24.0 Å². The lowest BCUT2D eigenvalue weighted by atomic mass is 9.87. The molecule has 0 spiro atoms. The topological polar surface area (TPSA) is 91.1 Å². The van der Waals surface area contributed by atoms with Crippen molar-refractivity contribution in [2.75, 3.05) is 19.7 Å². The number of amides is 1. The van der Waals surface area contributed by atoms with E-state index in [1.54, 1.807) is 17.0 Å². The highest BCUT2D eigenvalue weighted by Crippen LogP contribution is 2.33. The number of ether oxygens (including phenoxy) is 3. The molecule has 43 heavy (non-hydrogen) atoms. The van der Waals surface area contributed by atoms with Gasteiger partial charge in [-0.1, -0.05) is 78.9 Å². The summed E-state index contributed by atoms with van der Waals surface area (Å²) in [6.07, 6.45) is 0.185. The highest BCUT2D eigenvalue weighted by molar-refractivity contribution is 6.00. The summed E-state index contributed by atoms with van der Waals surface area (Å²) in [4.78, 5) is 27.3. The number of fused-ring (bicyclic) bond motifs is 1. The van der Waals surface area contributed by atoms with E-state index in [4.69, 9.17) is 19.9 Å². The molecule has 0 aliphatic carbocycles. The molecule has 3 unspecified atom stereocenters. The van der Waals surface area contributed by atoms with Gasteiger partial charge in [0, 0.05) is 18.0 Å². The Morgan fingerprint density at radius 1 is 0.907 bits per heavy atom. The van der Waals surface area contributed by atoms with E-state index >= 15 is 0 Å². The second kappa shape index (κ2) is 13.4. The monoisotopic (exact) mass is 580 g/mol. The molecule has 224 valence electrons. The summed E-state index contributed by atoms with van der Waals surface area (Å²) in [5.41, 5.74) is 8.30. The molecule has 1 saturated heterocycles. The number of carbonyl (C=O) groups is 2. The Morgan fingerprint density at radius 2 is 1.60 bits per heavy atom. The van der Waals surface area contributed by atoms with Crippen LogP contribution in [-0.4, -0.2) is 54.2 Å². The summed E-state index contributed by atoms with van der Waals surface area (Å²) in [5.74, 6) is 0.565. The first-order chi connectivity index (χ1) is 20.7. The number of carbonyl (C=O) groups excluding carboxylic acids is 2. The Kier molecular flexibility index (Phi) is 9.43. The lowest BCUT2D eigenvalue weighted by molar-refractivity contribution is -0.0359. The molecule has 7 heteroatoms. The fourth-order valence-corrected chi connectivity index (χ4v) is 5.38. The van der Waals surface area contributed by atoms with E-state index in [-0.39, 0.29) is 30.5 Å². The summed E-state index contributed by atoms with van der Waals surface area (Å²) in [7, 11) is 0. The van der Waals surface area contributed by atoms with Gasteiger partial charge >= 0.3 is 6.09 Å². The van der Waals surface area contributed by atoms with Crippen LogP contribution < -0.4 is 10.5 Å². The molecule has 0 saturated carbocycles. The predicted molar refractivity (Wildman–Crippen MR) is 168 cm³/mol. The summed E-state index contributed by atoms with van der Waals surface area (Å²) in [6.45, 7) is 7.14. The molecule has 5 rings (SSSR count). The van der Waals surface area contributed by atoms with Crippen molar-refractivity contribution in [3.63, 3.8) is 0 Å². The molecule has 1 aliphatic rings. The van der Waals surface area contributed by atoms with Crippen LogP contribution in [0.2, 0.25) is 0 Å². The van der Waals surface area contributed by atoms with Crippen LogP contribution in [-0.2, 0) is 16.1 Å². The van der Waals surface area contributed by atoms with Gasteiger partial charge < -0.3 is 24.8 Å². The molecule has 4 aromatic rings. The molecule has 1 amide bonds. The Hall–Kier alpha value is -4.20. The lowest BCUT2D eigenvalue weighted by Gasteiger charge is -2.39. The Balaban J connectivity index is 1.26. The van der Waals surface area contributed by atoms with Crippen molar-refractivity contribution in [3.05, 3.63) is 114 Å². The summed E-state index contributed by atoms with van der Waals surface area (Å²) < 4.78 is 18.1. The third kappa shape index (κ3) is 8.00. The Morgan fingerprint density at radius 3 is 2.33 bits per heavy atom. The quantitative estimate of drug-likeness (QED) is 0.221. The first kappa shape index (κ1) is 30.3. The standard InChI is InChI=1S/C36H40N2O5/c1-36(2,3)43-35(40)38-20-19-31(33(22-38)42-23-25-13-14-26-9-7-8-12-29(26)21-25)27-15-17-30(18-16-27)41-24-32(37)34(39)28-10-5-4-6-11-28/h4-18,21,31-33H,19-20,22-24,37H2,1-3H3. The molecule has 1 fully saturated rings. The third-order valence-electron chi connectivity index (χ3n) is 7.62. The Bertz CT molecular complexity index is 1530. The van der Waals surface area contributed by atoms with Crippen molar-refractivity contribution in [3.8, 4) is 5.75 Å². The molecule has 0 bridgehead atoms. The number of likely N-dealkylation sites (tertiary alicyclic amines) is 1. The van der Waals surface area contributed by atoms with Crippen LogP contribution in [0.5, 0.6) is 5.75 Å². The minimum atomic E-state index is -0.757. The average Bonchev–Trinajstić information content (AvgIpc) is 3.02. The molecule has 2 N–H and O–H groups in total. The SMILES string of the molecule is CC(C)(C)OC(=O)N1CCC(c2ccc(OCC(N)C(=O)c3ccccc3)cc2)C(OCc2ccc3ccccc3c2)C1. The molecule has 1 aliphatic heterocycles. The van der Waals surface area contributed by atoms with Crippen molar-refractivity contribution in [1.82, 2.24) is 4.90 Å². The number of Topliss-reactive ketones (excluding diaryl/α,β-unsaturated/α-hetero) is 1. The summed E-state index contributed by atoms with van der Waals surface area (Å²) in [6, 6.07) is 30.7. The Labute approximate surface area is 253 Å². The molecule has 0 aromatic heterocycles. The second-order valence-electron chi connectivity index (χ2n) is 12.1. The minimum Gasteiger partial charge on any atom is -0.491 e. The van der Waals surface area contributed by atoms with Crippen LogP contribution in [0.15, 0.2) is 97.1 Å². The van der Waals surface area contributed by atoms with Gasteiger partial charge in [-0.3, -0.25) is 4.79 Å². The molecular weight excluding hydrogens is 540 g/mol. The van der Waals surface area contributed by atoms with Crippen LogP contribution in [0, 0.1) is 0 Å². The minimum absolute atomic E-state index is 0.0788. The molecule has 1 heterocycles. The van der Waals surface area contributed by atoms with Crippen LogP contribution in [0.25, 0.3) is 10.8 Å². The van der Waals surface area contributed by atoms with Crippen LogP contribution >= 0.6 is 0 Å². The smallest absolute Gasteiger partial charge is 0.410 e. The van der Waals surface area contributed by atoms with Gasteiger partial charge in [-0.25, -0.2) is 4.79 Å². The van der Waals surface area contributed by atoms with Gasteiger partial charge in [-0.05, 0) is 67.3 Å². The number of hydrogen-bond donors (Lipinski definition) is 1. The zero-order valence-corrected chi connectivity index (χ0v) is 25.1. The average molecular weight is 581 g/mol. The lowest BCUT2D eigenvalue weighted by Crippen LogP contribution is -2.48. The predicted octanol–water partition coefficient (Wildman–Crippen LogP) is 6.74. The van der Waals surface area contributed by atoms with Crippen molar-refractivity contribution in [2.24, 2.45) is 5.73 Å². The fourth-order valence-electron chi connectivity index (χ4n) is 5.38. The van der Waals surface area contributed by atoms with Gasteiger partial charge in [0.05, 0.1) is 19.3 Å². The number of nitrogens with two attached hydrogens (primary N) is 1. The van der Waals surface area contributed by atoms with Gasteiger partial charge in [-0.2, -0.15) is 0 Å². The zero-order valence-electron chi connectivity index (χ0n) is 25.1. The maximum absolute atomic E-state index is 12.9. The number of nitrogens with zero attached hydrogens (tertiary/aromatic N) is 1. The normalized spacial score (nSPS) is 17.8. The van der Waals surface area contributed by atoms with E-state index in [1.165, 1.54) is 10.8 Å². The number of hydrogen-bond acceptors (Lipinski definition) is 6. The van der Waals surface area contributed by atoms with E-state index in [1.807, 2.05) is 75.4 Å². The van der Waals surface area contributed by atoms with Crippen molar-refractivity contribution < 1.29 is 23.8 Å². The van der Waals surface area contributed by atoms with E-state index < -0.39 is 11.6 Å². The van der Waals surface area contributed by atoms with Crippen molar-refractivity contribution >= 4 is 22.6 Å². The summed E-state index contributed by atoms with van der Waals surface area (Å²) >= 11 is 0. The maximum Gasteiger partial charge on any atom is 0.410 e. The molecular formula is C36H40N2O5. The third-order valence-corrected chi connectivity index (χ3v) is 7.62. The maximum atomic E-state index is 12.9. The highest BCUT2D eigenvalue weighted by Gasteiger charge is 2.35. The number of benzene rings is 4. The van der Waals surface area contributed by atoms with Crippen LogP contribution in [0.3, 0.4) is 0 Å². The van der Waals surface area contributed by atoms with E-state index in [2.05, 4.69) is 30.3 Å². The molecule has 7 nitrogen and oxygen atoms in total. The van der Waals surface area contributed by atoms with Crippen LogP contribution in [0.1, 0.15) is 54.6 Å². The van der Waals surface area contributed by atoms with Gasteiger partial charge in [0.2, 0.25) is 0 Å². The highest BCUT2D eigenvalue weighted by atomic mass is 16.6. The fraction of sp³-hybridized carbons (Fsp3) is 0.333. The summed E-state index contributed by atoms with van der Waals surface area (Å²) in [5, 5.41) is 2.35. The first-order valence-electron chi connectivity index (χ1n) is 14.8. The number of piperidine rings is 1. The second-order valence-corrected chi connectivity index (χ2v) is 12.1.